The first-order valence-electron chi connectivity index (χ1n) is 2.60. The predicted octanol–water partition coefficient (Wildman–Crippen LogP) is 1.85. The van der Waals surface area contributed by atoms with Gasteiger partial charge in [-0.1, -0.05) is 6.07 Å². The fourth-order valence-electron chi connectivity index (χ4n) is 0.590. The van der Waals surface area contributed by atoms with Crippen molar-refractivity contribution in [1.82, 2.24) is 0 Å². The predicted molar refractivity (Wildman–Crippen MR) is 43.4 cm³/mol. The van der Waals surface area contributed by atoms with Crippen LogP contribution in [0.5, 0.6) is 0 Å². The molecular formula is C6H6FNO2S. The molecule has 0 saturated carbocycles. The molecule has 11 heavy (non-hydrogen) atoms. The Labute approximate surface area is 69.4 Å². The Morgan fingerprint density at radius 1 is 1.45 bits per heavy atom. The van der Waals surface area contributed by atoms with Crippen LogP contribution >= 0.6 is 13.5 Å². The molecule has 0 aliphatic rings. The first-order chi connectivity index (χ1) is 4.70. The zero-order chi connectivity index (χ0) is 7.56. The van der Waals surface area contributed by atoms with Crippen molar-refractivity contribution in [3.8, 4) is 0 Å². The average molecular weight is 175 g/mol. The lowest BCUT2D eigenvalue weighted by Crippen LogP contribution is -1.87. The highest BCUT2D eigenvalue weighted by atomic mass is 32.1. The lowest BCUT2D eigenvalue weighted by molar-refractivity contribution is -0.385. The Kier molecular flexibility index (Phi) is 3.53. The van der Waals surface area contributed by atoms with Crippen LogP contribution in [0.1, 0.15) is 0 Å². The fraction of sp³-hybridized carbons (Fsp3) is 0. The van der Waals surface area contributed by atoms with Gasteiger partial charge in [0, 0.05) is 6.07 Å². The van der Waals surface area contributed by atoms with Crippen molar-refractivity contribution in [1.29, 1.82) is 0 Å². The van der Waals surface area contributed by atoms with Gasteiger partial charge in [-0.3, -0.25) is 10.1 Å². The summed E-state index contributed by atoms with van der Waals surface area (Å²) < 4.78 is 12.2. The second-order valence-corrected chi connectivity index (χ2v) is 1.74. The van der Waals surface area contributed by atoms with E-state index in [9.17, 15) is 14.5 Å². The standard InChI is InChI=1S/C6H4FNO2.H2S/c7-5-2-1-3-6(4-5)8(9)10;/h1-4H;1H2. The SMILES string of the molecule is O=[N+]([O-])c1cccc(F)c1.S. The number of hydrogen-bond acceptors (Lipinski definition) is 2. The van der Waals surface area contributed by atoms with Crippen LogP contribution in [0.4, 0.5) is 10.1 Å². The van der Waals surface area contributed by atoms with Gasteiger partial charge in [-0.25, -0.2) is 4.39 Å². The van der Waals surface area contributed by atoms with E-state index in [0.29, 0.717) is 0 Å². The summed E-state index contributed by atoms with van der Waals surface area (Å²) in [6.07, 6.45) is 0. The van der Waals surface area contributed by atoms with Crippen molar-refractivity contribution < 1.29 is 9.31 Å². The Hall–Kier alpha value is -1.10. The number of benzene rings is 1. The molecule has 1 aromatic rings. The first-order valence-corrected chi connectivity index (χ1v) is 2.60. The summed E-state index contributed by atoms with van der Waals surface area (Å²) in [5.74, 6) is -0.589. The molecule has 0 aliphatic carbocycles. The molecule has 0 saturated heterocycles. The molecule has 0 unspecified atom stereocenters. The minimum atomic E-state index is -0.636. The number of nitro groups is 1. The van der Waals surface area contributed by atoms with E-state index in [-0.39, 0.29) is 19.2 Å². The monoisotopic (exact) mass is 175 g/mol. The molecule has 0 aromatic heterocycles. The molecule has 0 amide bonds. The van der Waals surface area contributed by atoms with Gasteiger partial charge in [0.2, 0.25) is 0 Å². The van der Waals surface area contributed by atoms with Gasteiger partial charge >= 0.3 is 0 Å². The van der Waals surface area contributed by atoms with E-state index in [1.165, 1.54) is 12.1 Å². The maximum atomic E-state index is 12.2. The van der Waals surface area contributed by atoms with Crippen LogP contribution in [-0.4, -0.2) is 4.92 Å². The van der Waals surface area contributed by atoms with Crippen LogP contribution in [0.15, 0.2) is 24.3 Å². The van der Waals surface area contributed by atoms with Gasteiger partial charge in [-0.15, -0.1) is 0 Å². The van der Waals surface area contributed by atoms with E-state index in [1.54, 1.807) is 0 Å². The third-order valence-electron chi connectivity index (χ3n) is 1.02. The number of nitrogens with zero attached hydrogens (tertiary/aromatic N) is 1. The van der Waals surface area contributed by atoms with Gasteiger partial charge in [0.1, 0.15) is 5.82 Å². The molecule has 0 N–H and O–H groups in total. The maximum Gasteiger partial charge on any atom is 0.272 e. The Balaban J connectivity index is 0.000001000. The fourth-order valence-corrected chi connectivity index (χ4v) is 0.590. The molecule has 60 valence electrons. The molecule has 0 fully saturated rings. The van der Waals surface area contributed by atoms with Crippen molar-refractivity contribution >= 4 is 19.2 Å². The molecule has 1 aromatic carbocycles. The summed E-state index contributed by atoms with van der Waals surface area (Å²) >= 11 is 0. The summed E-state index contributed by atoms with van der Waals surface area (Å²) in [5.41, 5.74) is -0.222. The molecule has 0 bridgehead atoms. The summed E-state index contributed by atoms with van der Waals surface area (Å²) in [6.45, 7) is 0. The lowest BCUT2D eigenvalue weighted by atomic mass is 10.3. The largest absolute Gasteiger partial charge is 0.272 e. The molecule has 3 nitrogen and oxygen atoms in total. The normalized spacial score (nSPS) is 8.45. The molecule has 0 radical (unpaired) electrons. The molecular weight excluding hydrogens is 169 g/mol. The Bertz CT molecular complexity index is 267. The van der Waals surface area contributed by atoms with Crippen molar-refractivity contribution in [2.45, 2.75) is 0 Å². The van der Waals surface area contributed by atoms with Crippen molar-refractivity contribution in [3.05, 3.63) is 40.2 Å². The van der Waals surface area contributed by atoms with Crippen LogP contribution in [0.3, 0.4) is 0 Å². The number of hydrogen-bond donors (Lipinski definition) is 0. The first kappa shape index (κ1) is 9.90. The van der Waals surface area contributed by atoms with Crippen molar-refractivity contribution in [3.63, 3.8) is 0 Å². The minimum absolute atomic E-state index is 0. The Morgan fingerprint density at radius 3 is 2.45 bits per heavy atom. The number of halogens is 1. The van der Waals surface area contributed by atoms with Gasteiger partial charge in [-0.2, -0.15) is 13.5 Å². The maximum absolute atomic E-state index is 12.2. The van der Waals surface area contributed by atoms with Gasteiger partial charge in [0.15, 0.2) is 0 Å². The molecule has 5 heteroatoms. The van der Waals surface area contributed by atoms with Gasteiger partial charge < -0.3 is 0 Å². The highest BCUT2D eigenvalue weighted by molar-refractivity contribution is 7.59. The molecule has 1 rings (SSSR count). The number of non-ortho nitro benzene ring substituents is 1. The second-order valence-electron chi connectivity index (χ2n) is 1.74. The van der Waals surface area contributed by atoms with Gasteiger partial charge in [-0.05, 0) is 6.07 Å². The third kappa shape index (κ3) is 2.55. The van der Waals surface area contributed by atoms with E-state index in [1.807, 2.05) is 0 Å². The van der Waals surface area contributed by atoms with Crippen LogP contribution in [-0.2, 0) is 0 Å². The van der Waals surface area contributed by atoms with Gasteiger partial charge in [0.05, 0.1) is 11.0 Å². The topological polar surface area (TPSA) is 43.1 Å². The van der Waals surface area contributed by atoms with E-state index in [0.717, 1.165) is 12.1 Å². The Morgan fingerprint density at radius 2 is 2.09 bits per heavy atom. The summed E-state index contributed by atoms with van der Waals surface area (Å²) in [7, 11) is 0. The summed E-state index contributed by atoms with van der Waals surface area (Å²) in [6, 6.07) is 4.57. The summed E-state index contributed by atoms with van der Waals surface area (Å²) in [4.78, 5) is 9.36. The zero-order valence-electron chi connectivity index (χ0n) is 5.45. The second kappa shape index (κ2) is 3.92. The van der Waals surface area contributed by atoms with E-state index in [4.69, 9.17) is 0 Å². The molecule has 0 spiro atoms. The van der Waals surface area contributed by atoms with E-state index in [2.05, 4.69) is 0 Å². The average Bonchev–Trinajstić information content (AvgIpc) is 1.88. The smallest absolute Gasteiger partial charge is 0.258 e. The number of nitro benzene ring substituents is 1. The van der Waals surface area contributed by atoms with Crippen LogP contribution < -0.4 is 0 Å². The highest BCUT2D eigenvalue weighted by Crippen LogP contribution is 2.10. The van der Waals surface area contributed by atoms with Crippen molar-refractivity contribution in [2.24, 2.45) is 0 Å². The quantitative estimate of drug-likeness (QED) is 0.483. The third-order valence-corrected chi connectivity index (χ3v) is 1.02. The highest BCUT2D eigenvalue weighted by Gasteiger charge is 2.03. The van der Waals surface area contributed by atoms with E-state index < -0.39 is 10.7 Å². The molecule has 0 atom stereocenters. The van der Waals surface area contributed by atoms with Gasteiger partial charge in [0.25, 0.3) is 5.69 Å². The molecule has 0 aliphatic heterocycles. The minimum Gasteiger partial charge on any atom is -0.258 e. The van der Waals surface area contributed by atoms with Crippen LogP contribution in [0, 0.1) is 15.9 Å². The molecule has 0 heterocycles. The van der Waals surface area contributed by atoms with E-state index >= 15 is 0 Å². The lowest BCUT2D eigenvalue weighted by Gasteiger charge is -1.88. The van der Waals surface area contributed by atoms with Crippen LogP contribution in [0.2, 0.25) is 0 Å². The zero-order valence-corrected chi connectivity index (χ0v) is 6.45. The van der Waals surface area contributed by atoms with Crippen LogP contribution in [0.25, 0.3) is 0 Å². The summed E-state index contributed by atoms with van der Waals surface area (Å²) in [5, 5.41) is 9.99. The van der Waals surface area contributed by atoms with Crippen molar-refractivity contribution in [2.75, 3.05) is 0 Å². The number of rotatable bonds is 1.